The third-order valence-corrected chi connectivity index (χ3v) is 4.27. The molecule has 1 aromatic heterocycles. The predicted molar refractivity (Wildman–Crippen MR) is 106 cm³/mol. The van der Waals surface area contributed by atoms with Crippen LogP contribution in [0.4, 0.5) is 17.6 Å². The number of carbonyl (C=O) groups excluding carboxylic acids is 1. The quantitative estimate of drug-likeness (QED) is 0.593. The number of hydrogen-bond donors (Lipinski definition) is 1. The lowest BCUT2D eigenvalue weighted by Gasteiger charge is -2.16. The van der Waals surface area contributed by atoms with Gasteiger partial charge in [0.1, 0.15) is 22.8 Å². The maximum absolute atomic E-state index is 14.2. The van der Waals surface area contributed by atoms with Gasteiger partial charge in [-0.3, -0.25) is 15.0 Å². The van der Waals surface area contributed by atoms with Gasteiger partial charge in [0, 0.05) is 6.42 Å². The van der Waals surface area contributed by atoms with Crippen molar-refractivity contribution >= 4 is 16.8 Å². The summed E-state index contributed by atoms with van der Waals surface area (Å²) in [7, 11) is 0. The van der Waals surface area contributed by atoms with Crippen LogP contribution in [0.5, 0.6) is 5.75 Å². The number of alkyl halides is 3. The van der Waals surface area contributed by atoms with E-state index in [0.29, 0.717) is 12.0 Å². The minimum absolute atomic E-state index is 0.0993. The molecule has 0 saturated heterocycles. The lowest BCUT2D eigenvalue weighted by Crippen LogP contribution is -2.37. The second-order valence-corrected chi connectivity index (χ2v) is 7.30. The van der Waals surface area contributed by atoms with Gasteiger partial charge in [-0.1, -0.05) is 32.0 Å². The Labute approximate surface area is 174 Å². The van der Waals surface area contributed by atoms with E-state index in [4.69, 9.17) is 0 Å². The largest absolute Gasteiger partial charge is 0.573 e. The van der Waals surface area contributed by atoms with Crippen LogP contribution in [-0.4, -0.2) is 21.9 Å². The summed E-state index contributed by atoms with van der Waals surface area (Å²) in [6.07, 6.45) is -4.69. The SMILES string of the molecule is CC(C)Cc1nc2cccc(F)c2c(=O)n1NC(=O)Cc1ccc(OC(F)(F)F)cc1. The summed E-state index contributed by atoms with van der Waals surface area (Å²) in [5.41, 5.74) is 2.26. The number of rotatable bonds is 6. The number of halogens is 4. The number of benzene rings is 2. The van der Waals surface area contributed by atoms with E-state index in [1.165, 1.54) is 24.3 Å². The molecule has 3 rings (SSSR count). The average Bonchev–Trinajstić information content (AvgIpc) is 2.65. The summed E-state index contributed by atoms with van der Waals surface area (Å²) in [5, 5.41) is -0.246. The number of carbonyl (C=O) groups is 1. The van der Waals surface area contributed by atoms with Crippen molar-refractivity contribution in [2.45, 2.75) is 33.1 Å². The van der Waals surface area contributed by atoms with Gasteiger partial charge in [0.15, 0.2) is 0 Å². The molecule has 0 bridgehead atoms. The number of ether oxygens (including phenoxy) is 1. The van der Waals surface area contributed by atoms with Crippen LogP contribution in [0.25, 0.3) is 10.9 Å². The highest BCUT2D eigenvalue weighted by atomic mass is 19.4. The normalized spacial score (nSPS) is 11.7. The molecule has 1 heterocycles. The molecule has 31 heavy (non-hydrogen) atoms. The zero-order valence-electron chi connectivity index (χ0n) is 16.7. The molecule has 164 valence electrons. The number of fused-ring (bicyclic) bond motifs is 1. The first-order valence-corrected chi connectivity index (χ1v) is 9.38. The summed E-state index contributed by atoms with van der Waals surface area (Å²) in [5.74, 6) is -1.42. The molecule has 10 heteroatoms. The predicted octanol–water partition coefficient (Wildman–Crippen LogP) is 3.95. The summed E-state index contributed by atoms with van der Waals surface area (Å²) in [6, 6.07) is 8.86. The maximum Gasteiger partial charge on any atom is 0.573 e. The Morgan fingerprint density at radius 3 is 2.45 bits per heavy atom. The van der Waals surface area contributed by atoms with Gasteiger partial charge in [0.05, 0.1) is 11.9 Å². The molecule has 0 spiro atoms. The van der Waals surface area contributed by atoms with Crippen molar-refractivity contribution in [2.75, 3.05) is 5.43 Å². The van der Waals surface area contributed by atoms with Crippen molar-refractivity contribution in [3.63, 3.8) is 0 Å². The standard InChI is InChI=1S/C21H19F4N3O3/c1-12(2)10-17-26-16-5-3-4-15(22)19(16)20(30)28(17)27-18(29)11-13-6-8-14(9-7-13)31-21(23,24)25/h3-9,12H,10-11H2,1-2H3,(H,27,29). The molecule has 0 unspecified atom stereocenters. The summed E-state index contributed by atoms with van der Waals surface area (Å²) in [6.45, 7) is 3.80. The Morgan fingerprint density at radius 1 is 1.16 bits per heavy atom. The first kappa shape index (κ1) is 22.3. The van der Waals surface area contributed by atoms with E-state index in [1.54, 1.807) is 0 Å². The Hall–Kier alpha value is -3.43. The zero-order valence-corrected chi connectivity index (χ0v) is 16.7. The van der Waals surface area contributed by atoms with Crippen LogP contribution in [0.3, 0.4) is 0 Å². The molecule has 1 amide bonds. The van der Waals surface area contributed by atoms with Gasteiger partial charge in [-0.25, -0.2) is 14.1 Å². The van der Waals surface area contributed by atoms with Crippen molar-refractivity contribution in [1.29, 1.82) is 0 Å². The van der Waals surface area contributed by atoms with Crippen LogP contribution in [-0.2, 0) is 17.6 Å². The Kier molecular flexibility index (Phi) is 6.28. The van der Waals surface area contributed by atoms with E-state index in [-0.39, 0.29) is 29.1 Å². The monoisotopic (exact) mass is 437 g/mol. The lowest BCUT2D eigenvalue weighted by molar-refractivity contribution is -0.274. The van der Waals surface area contributed by atoms with Gasteiger partial charge in [-0.05, 0) is 35.7 Å². The van der Waals surface area contributed by atoms with Gasteiger partial charge >= 0.3 is 6.36 Å². The van der Waals surface area contributed by atoms with Crippen LogP contribution in [0.2, 0.25) is 0 Å². The highest BCUT2D eigenvalue weighted by Gasteiger charge is 2.31. The topological polar surface area (TPSA) is 73.2 Å². The molecule has 1 N–H and O–H groups in total. The minimum Gasteiger partial charge on any atom is -0.406 e. The third kappa shape index (κ3) is 5.59. The second kappa shape index (κ2) is 8.75. The molecule has 0 aliphatic heterocycles. The number of nitrogens with one attached hydrogen (secondary N) is 1. The molecule has 0 atom stereocenters. The van der Waals surface area contributed by atoms with Crippen molar-refractivity contribution in [3.05, 3.63) is 70.0 Å². The van der Waals surface area contributed by atoms with Crippen molar-refractivity contribution in [2.24, 2.45) is 5.92 Å². The number of nitrogens with zero attached hydrogens (tertiary/aromatic N) is 2. The first-order chi connectivity index (χ1) is 14.5. The third-order valence-electron chi connectivity index (χ3n) is 4.27. The average molecular weight is 437 g/mol. The smallest absolute Gasteiger partial charge is 0.406 e. The Morgan fingerprint density at radius 2 is 1.84 bits per heavy atom. The van der Waals surface area contributed by atoms with Gasteiger partial charge < -0.3 is 4.74 Å². The van der Waals surface area contributed by atoms with E-state index >= 15 is 0 Å². The Bertz CT molecular complexity index is 1160. The molecular formula is C21H19F4N3O3. The highest BCUT2D eigenvalue weighted by Crippen LogP contribution is 2.23. The van der Waals surface area contributed by atoms with Crippen molar-refractivity contribution < 1.29 is 27.1 Å². The van der Waals surface area contributed by atoms with E-state index < -0.39 is 29.4 Å². The number of hydrogen-bond acceptors (Lipinski definition) is 4. The van der Waals surface area contributed by atoms with E-state index in [9.17, 15) is 27.2 Å². The maximum atomic E-state index is 14.2. The lowest BCUT2D eigenvalue weighted by atomic mass is 10.1. The van der Waals surface area contributed by atoms with Crippen LogP contribution in [0, 0.1) is 11.7 Å². The van der Waals surface area contributed by atoms with Gasteiger partial charge in [0.25, 0.3) is 5.56 Å². The van der Waals surface area contributed by atoms with Crippen LogP contribution in [0.1, 0.15) is 25.2 Å². The number of aromatic nitrogens is 2. The molecular weight excluding hydrogens is 418 g/mol. The summed E-state index contributed by atoms with van der Waals surface area (Å²) < 4.78 is 55.7. The molecule has 3 aromatic rings. The Balaban J connectivity index is 1.86. The van der Waals surface area contributed by atoms with E-state index in [0.717, 1.165) is 22.9 Å². The summed E-state index contributed by atoms with van der Waals surface area (Å²) >= 11 is 0. The van der Waals surface area contributed by atoms with Crippen molar-refractivity contribution in [1.82, 2.24) is 9.66 Å². The molecule has 0 fully saturated rings. The van der Waals surface area contributed by atoms with Crippen LogP contribution >= 0.6 is 0 Å². The summed E-state index contributed by atoms with van der Waals surface area (Å²) in [4.78, 5) is 29.7. The van der Waals surface area contributed by atoms with Crippen molar-refractivity contribution in [3.8, 4) is 5.75 Å². The molecule has 0 saturated carbocycles. The molecule has 6 nitrogen and oxygen atoms in total. The van der Waals surface area contributed by atoms with Gasteiger partial charge in [-0.2, -0.15) is 0 Å². The molecule has 0 aliphatic rings. The number of amides is 1. The van der Waals surface area contributed by atoms with Gasteiger partial charge in [0.2, 0.25) is 5.91 Å². The molecule has 0 radical (unpaired) electrons. The van der Waals surface area contributed by atoms with Crippen LogP contribution in [0.15, 0.2) is 47.3 Å². The minimum atomic E-state index is -4.81. The second-order valence-electron chi connectivity index (χ2n) is 7.30. The zero-order chi connectivity index (χ0) is 22.8. The molecule has 2 aromatic carbocycles. The van der Waals surface area contributed by atoms with E-state index in [2.05, 4.69) is 15.1 Å². The fourth-order valence-corrected chi connectivity index (χ4v) is 3.01. The van der Waals surface area contributed by atoms with Gasteiger partial charge in [-0.15, -0.1) is 13.2 Å². The fourth-order valence-electron chi connectivity index (χ4n) is 3.01. The van der Waals surface area contributed by atoms with Crippen LogP contribution < -0.4 is 15.7 Å². The first-order valence-electron chi connectivity index (χ1n) is 9.38. The van der Waals surface area contributed by atoms with E-state index in [1.807, 2.05) is 13.8 Å². The highest BCUT2D eigenvalue weighted by molar-refractivity contribution is 5.86. The molecule has 0 aliphatic carbocycles. The fraction of sp³-hybridized carbons (Fsp3) is 0.286.